The van der Waals surface area contributed by atoms with Gasteiger partial charge in [0.25, 0.3) is 0 Å². The Morgan fingerprint density at radius 3 is 2.44 bits per heavy atom. The number of rotatable bonds is 5. The lowest BCUT2D eigenvalue weighted by molar-refractivity contribution is 0.318. The van der Waals surface area contributed by atoms with E-state index in [4.69, 9.17) is 0 Å². The maximum absolute atomic E-state index is 3.48. The predicted molar refractivity (Wildman–Crippen MR) is 77.8 cm³/mol. The van der Waals surface area contributed by atoms with Crippen LogP contribution in [-0.4, -0.2) is 20.1 Å². The lowest BCUT2D eigenvalue weighted by atomic mass is 9.88. The summed E-state index contributed by atoms with van der Waals surface area (Å²) in [5, 5.41) is 6.92. The summed E-state index contributed by atoms with van der Waals surface area (Å²) in [5.41, 5.74) is 2.86. The number of hydrogen-bond donors (Lipinski definition) is 2. The Labute approximate surface area is 111 Å². The van der Waals surface area contributed by atoms with E-state index in [1.165, 1.54) is 43.5 Å². The molecule has 2 nitrogen and oxygen atoms in total. The fourth-order valence-electron chi connectivity index (χ4n) is 2.86. The highest BCUT2D eigenvalue weighted by Gasteiger charge is 2.18. The van der Waals surface area contributed by atoms with E-state index >= 15 is 0 Å². The van der Waals surface area contributed by atoms with Crippen molar-refractivity contribution >= 4 is 0 Å². The monoisotopic (exact) mass is 246 g/mol. The van der Waals surface area contributed by atoms with Crippen LogP contribution in [0.25, 0.3) is 0 Å². The van der Waals surface area contributed by atoms with Crippen molar-refractivity contribution in [3.05, 3.63) is 35.4 Å². The van der Waals surface area contributed by atoms with E-state index in [0.29, 0.717) is 6.04 Å². The zero-order valence-corrected chi connectivity index (χ0v) is 11.7. The molecule has 18 heavy (non-hydrogen) atoms. The van der Waals surface area contributed by atoms with Crippen molar-refractivity contribution in [2.24, 2.45) is 5.92 Å². The molecule has 2 N–H and O–H groups in total. The molecular weight excluding hydrogens is 220 g/mol. The van der Waals surface area contributed by atoms with Gasteiger partial charge in [0.2, 0.25) is 0 Å². The van der Waals surface area contributed by atoms with E-state index in [0.717, 1.165) is 12.3 Å². The summed E-state index contributed by atoms with van der Waals surface area (Å²) in [5.74, 6) is 0.870. The molecule has 1 aliphatic rings. The molecule has 0 spiro atoms. The van der Waals surface area contributed by atoms with Crippen LogP contribution in [0.1, 0.15) is 43.4 Å². The van der Waals surface area contributed by atoms with Crippen LogP contribution in [-0.2, 0) is 6.42 Å². The Kier molecular flexibility index (Phi) is 5.21. The van der Waals surface area contributed by atoms with Crippen LogP contribution >= 0.6 is 0 Å². The van der Waals surface area contributed by atoms with E-state index in [1.54, 1.807) is 0 Å². The summed E-state index contributed by atoms with van der Waals surface area (Å²) >= 11 is 0. The average molecular weight is 246 g/mol. The standard InChI is InChI=1S/C16H26N2/c1-3-13-4-6-15(7-5-13)16(17-2)12-14-8-10-18-11-9-14/h4-7,14,16-18H,3,8-12H2,1-2H3. The smallest absolute Gasteiger partial charge is 0.0320 e. The van der Waals surface area contributed by atoms with Crippen molar-refractivity contribution in [2.45, 2.75) is 38.6 Å². The minimum Gasteiger partial charge on any atom is -0.317 e. The highest BCUT2D eigenvalue weighted by atomic mass is 14.9. The molecule has 0 saturated carbocycles. The molecule has 1 aliphatic heterocycles. The second kappa shape index (κ2) is 6.91. The minimum atomic E-state index is 0.513. The predicted octanol–water partition coefficient (Wildman–Crippen LogP) is 2.90. The van der Waals surface area contributed by atoms with E-state index in [2.05, 4.69) is 48.9 Å². The lowest BCUT2D eigenvalue weighted by Gasteiger charge is -2.27. The van der Waals surface area contributed by atoms with Crippen LogP contribution in [0.3, 0.4) is 0 Å². The summed E-state index contributed by atoms with van der Waals surface area (Å²) in [6.45, 7) is 4.59. The first-order valence-corrected chi connectivity index (χ1v) is 7.30. The van der Waals surface area contributed by atoms with Crippen LogP contribution in [0.2, 0.25) is 0 Å². The number of hydrogen-bond acceptors (Lipinski definition) is 2. The molecule has 0 amide bonds. The van der Waals surface area contributed by atoms with E-state index < -0.39 is 0 Å². The van der Waals surface area contributed by atoms with Crippen molar-refractivity contribution < 1.29 is 0 Å². The zero-order valence-electron chi connectivity index (χ0n) is 11.7. The maximum atomic E-state index is 3.48. The summed E-state index contributed by atoms with van der Waals surface area (Å²) in [6, 6.07) is 9.63. The molecule has 100 valence electrons. The van der Waals surface area contributed by atoms with Gasteiger partial charge in [-0.2, -0.15) is 0 Å². The first-order chi connectivity index (χ1) is 8.83. The highest BCUT2D eigenvalue weighted by Crippen LogP contribution is 2.26. The lowest BCUT2D eigenvalue weighted by Crippen LogP contribution is -2.30. The second-order valence-corrected chi connectivity index (χ2v) is 5.37. The summed E-state index contributed by atoms with van der Waals surface area (Å²) < 4.78 is 0. The topological polar surface area (TPSA) is 24.1 Å². The van der Waals surface area contributed by atoms with Gasteiger partial charge >= 0.3 is 0 Å². The molecule has 1 saturated heterocycles. The minimum absolute atomic E-state index is 0.513. The molecule has 0 radical (unpaired) electrons. The van der Waals surface area contributed by atoms with E-state index in [9.17, 15) is 0 Å². The van der Waals surface area contributed by atoms with Crippen molar-refractivity contribution in [1.82, 2.24) is 10.6 Å². The largest absolute Gasteiger partial charge is 0.317 e. The SMILES string of the molecule is CCc1ccc(C(CC2CCNCC2)NC)cc1. The fourth-order valence-corrected chi connectivity index (χ4v) is 2.86. The number of nitrogens with one attached hydrogen (secondary N) is 2. The summed E-state index contributed by atoms with van der Waals surface area (Å²) in [7, 11) is 2.08. The second-order valence-electron chi connectivity index (χ2n) is 5.37. The summed E-state index contributed by atoms with van der Waals surface area (Å²) in [4.78, 5) is 0. The Morgan fingerprint density at radius 1 is 1.22 bits per heavy atom. The number of piperidine rings is 1. The van der Waals surface area contributed by atoms with Crippen LogP contribution in [0, 0.1) is 5.92 Å². The normalized spacial score (nSPS) is 18.8. The Balaban J connectivity index is 1.97. The highest BCUT2D eigenvalue weighted by molar-refractivity contribution is 5.25. The van der Waals surface area contributed by atoms with Crippen molar-refractivity contribution in [3.8, 4) is 0 Å². The Bertz CT molecular complexity index is 339. The molecule has 0 bridgehead atoms. The Morgan fingerprint density at radius 2 is 1.89 bits per heavy atom. The van der Waals surface area contributed by atoms with Gasteiger partial charge in [-0.15, -0.1) is 0 Å². The third-order valence-corrected chi connectivity index (χ3v) is 4.17. The van der Waals surface area contributed by atoms with E-state index in [-0.39, 0.29) is 0 Å². The average Bonchev–Trinajstić information content (AvgIpc) is 2.46. The molecule has 1 aromatic rings. The molecule has 0 aromatic heterocycles. The van der Waals surface area contributed by atoms with Gasteiger partial charge in [-0.3, -0.25) is 0 Å². The van der Waals surface area contributed by atoms with Gasteiger partial charge in [-0.05, 0) is 62.9 Å². The fraction of sp³-hybridized carbons (Fsp3) is 0.625. The van der Waals surface area contributed by atoms with Crippen molar-refractivity contribution in [3.63, 3.8) is 0 Å². The van der Waals surface area contributed by atoms with Crippen LogP contribution in [0.4, 0.5) is 0 Å². The summed E-state index contributed by atoms with van der Waals surface area (Å²) in [6.07, 6.45) is 5.04. The maximum Gasteiger partial charge on any atom is 0.0320 e. The molecule has 1 unspecified atom stereocenters. The molecule has 2 rings (SSSR count). The molecule has 0 aliphatic carbocycles. The van der Waals surface area contributed by atoms with Crippen molar-refractivity contribution in [1.29, 1.82) is 0 Å². The van der Waals surface area contributed by atoms with Gasteiger partial charge in [0.1, 0.15) is 0 Å². The van der Waals surface area contributed by atoms with Crippen LogP contribution in [0.5, 0.6) is 0 Å². The number of benzene rings is 1. The molecular formula is C16H26N2. The van der Waals surface area contributed by atoms with Gasteiger partial charge < -0.3 is 10.6 Å². The number of aryl methyl sites for hydroxylation is 1. The first kappa shape index (κ1) is 13.6. The molecule has 1 aromatic carbocycles. The van der Waals surface area contributed by atoms with Crippen molar-refractivity contribution in [2.75, 3.05) is 20.1 Å². The van der Waals surface area contributed by atoms with Gasteiger partial charge in [0.05, 0.1) is 0 Å². The van der Waals surface area contributed by atoms with E-state index in [1.807, 2.05) is 0 Å². The molecule has 1 heterocycles. The molecule has 1 fully saturated rings. The third kappa shape index (κ3) is 3.56. The van der Waals surface area contributed by atoms with Gasteiger partial charge in [-0.25, -0.2) is 0 Å². The quantitative estimate of drug-likeness (QED) is 0.835. The van der Waals surface area contributed by atoms with Gasteiger partial charge in [0.15, 0.2) is 0 Å². The van der Waals surface area contributed by atoms with Crippen LogP contribution in [0.15, 0.2) is 24.3 Å². The molecule has 1 atom stereocenters. The van der Waals surface area contributed by atoms with Gasteiger partial charge in [0, 0.05) is 6.04 Å². The first-order valence-electron chi connectivity index (χ1n) is 7.30. The Hall–Kier alpha value is -0.860. The molecule has 2 heteroatoms. The van der Waals surface area contributed by atoms with Crippen LogP contribution < -0.4 is 10.6 Å². The van der Waals surface area contributed by atoms with Gasteiger partial charge in [-0.1, -0.05) is 31.2 Å². The zero-order chi connectivity index (χ0) is 12.8. The third-order valence-electron chi connectivity index (χ3n) is 4.17.